The summed E-state index contributed by atoms with van der Waals surface area (Å²) in [6.45, 7) is 7.03. The van der Waals surface area contributed by atoms with Crippen LogP contribution in [0.2, 0.25) is 0 Å². The Hall–Kier alpha value is -0.450. The first-order valence-corrected chi connectivity index (χ1v) is 7.15. The highest BCUT2D eigenvalue weighted by Gasteiger charge is 2.25. The zero-order valence-corrected chi connectivity index (χ0v) is 12.0. The Morgan fingerprint density at radius 1 is 1.59 bits per heavy atom. The third-order valence-corrected chi connectivity index (χ3v) is 4.00. The fraction of sp³-hybridized carbons (Fsp3) is 0.615. The van der Waals surface area contributed by atoms with Gasteiger partial charge in [-0.15, -0.1) is 0 Å². The summed E-state index contributed by atoms with van der Waals surface area (Å²) in [5.74, 6) is 0. The Morgan fingerprint density at radius 3 is 3.12 bits per heavy atom. The van der Waals surface area contributed by atoms with Crippen molar-refractivity contribution in [2.75, 3.05) is 18.5 Å². The maximum Gasteiger partial charge on any atom is 0.0799 e. The number of pyridine rings is 1. The summed E-state index contributed by atoms with van der Waals surface area (Å²) in [4.78, 5) is 6.91. The molecule has 0 radical (unpaired) electrons. The van der Waals surface area contributed by atoms with Gasteiger partial charge in [-0.3, -0.25) is 9.88 Å². The Labute approximate surface area is 111 Å². The lowest BCUT2D eigenvalue weighted by molar-refractivity contribution is -0.0504. The third-order valence-electron chi connectivity index (χ3n) is 3.28. The summed E-state index contributed by atoms with van der Waals surface area (Å²) in [5.41, 5.74) is 2.44. The van der Waals surface area contributed by atoms with E-state index in [4.69, 9.17) is 4.74 Å². The fourth-order valence-electron chi connectivity index (χ4n) is 2.06. The number of hydrogen-bond donors (Lipinski definition) is 0. The molecule has 4 heteroatoms. The zero-order valence-electron chi connectivity index (χ0n) is 10.4. The predicted octanol–water partition coefficient (Wildman–Crippen LogP) is 2.37. The molecule has 0 amide bonds. The second kappa shape index (κ2) is 5.94. The number of hydrogen-bond acceptors (Lipinski definition) is 3. The monoisotopic (exact) mass is 298 g/mol. The number of morpholine rings is 1. The lowest BCUT2D eigenvalue weighted by Gasteiger charge is -2.37. The smallest absolute Gasteiger partial charge is 0.0799 e. The number of ether oxygens (including phenoxy) is 1. The van der Waals surface area contributed by atoms with Crippen molar-refractivity contribution in [3.05, 3.63) is 29.6 Å². The van der Waals surface area contributed by atoms with Gasteiger partial charge in [-0.05, 0) is 25.5 Å². The van der Waals surface area contributed by atoms with E-state index in [0.29, 0.717) is 12.1 Å². The third kappa shape index (κ3) is 3.27. The van der Waals surface area contributed by atoms with Crippen molar-refractivity contribution in [3.63, 3.8) is 0 Å². The normalized spacial score (nSPS) is 26.1. The molecule has 2 atom stereocenters. The number of halogens is 1. The number of nitrogens with zero attached hydrogens (tertiary/aromatic N) is 2. The van der Waals surface area contributed by atoms with E-state index in [1.54, 1.807) is 0 Å². The average molecular weight is 299 g/mol. The topological polar surface area (TPSA) is 25.4 Å². The van der Waals surface area contributed by atoms with Crippen molar-refractivity contribution in [2.45, 2.75) is 32.5 Å². The highest BCUT2D eigenvalue weighted by atomic mass is 79.9. The van der Waals surface area contributed by atoms with Crippen LogP contribution in [0.4, 0.5) is 0 Å². The van der Waals surface area contributed by atoms with Crippen LogP contribution in [-0.2, 0) is 11.3 Å². The van der Waals surface area contributed by atoms with Crippen molar-refractivity contribution in [1.29, 1.82) is 0 Å². The molecule has 2 unspecified atom stereocenters. The van der Waals surface area contributed by atoms with Crippen molar-refractivity contribution in [3.8, 4) is 0 Å². The highest BCUT2D eigenvalue weighted by Crippen LogP contribution is 2.17. The summed E-state index contributed by atoms with van der Waals surface area (Å²) in [7, 11) is 0. The molecule has 0 saturated carbocycles. The summed E-state index contributed by atoms with van der Waals surface area (Å²) in [6, 6.07) is 4.57. The maximum atomic E-state index is 5.73. The number of aryl methyl sites for hydroxylation is 1. The van der Waals surface area contributed by atoms with Crippen LogP contribution >= 0.6 is 15.9 Å². The van der Waals surface area contributed by atoms with E-state index in [1.807, 2.05) is 12.3 Å². The summed E-state index contributed by atoms with van der Waals surface area (Å²) >= 11 is 3.49. The van der Waals surface area contributed by atoms with E-state index in [0.717, 1.165) is 25.0 Å². The van der Waals surface area contributed by atoms with Gasteiger partial charge in [0.25, 0.3) is 0 Å². The molecule has 2 rings (SSSR count). The maximum absolute atomic E-state index is 5.73. The van der Waals surface area contributed by atoms with Gasteiger partial charge in [-0.2, -0.15) is 0 Å². The molecule has 1 aliphatic heterocycles. The lowest BCUT2D eigenvalue weighted by Crippen LogP contribution is -2.48. The molecule has 1 aromatic heterocycles. The first-order valence-electron chi connectivity index (χ1n) is 6.03. The molecule has 0 aromatic carbocycles. The molecule has 0 spiro atoms. The van der Waals surface area contributed by atoms with Crippen LogP contribution in [-0.4, -0.2) is 40.5 Å². The first kappa shape index (κ1) is 13.0. The molecule has 1 aliphatic rings. The molecule has 0 bridgehead atoms. The lowest BCUT2D eigenvalue weighted by atomic mass is 10.1. The molecule has 3 nitrogen and oxygen atoms in total. The zero-order chi connectivity index (χ0) is 12.3. The fourth-order valence-corrected chi connectivity index (χ4v) is 2.46. The van der Waals surface area contributed by atoms with Gasteiger partial charge in [0.15, 0.2) is 0 Å². The van der Waals surface area contributed by atoms with Crippen LogP contribution in [0.25, 0.3) is 0 Å². The van der Waals surface area contributed by atoms with Crippen molar-refractivity contribution < 1.29 is 4.74 Å². The van der Waals surface area contributed by atoms with E-state index in [9.17, 15) is 0 Å². The predicted molar refractivity (Wildman–Crippen MR) is 72.4 cm³/mol. The van der Waals surface area contributed by atoms with E-state index < -0.39 is 0 Å². The Morgan fingerprint density at radius 2 is 2.41 bits per heavy atom. The van der Waals surface area contributed by atoms with Crippen molar-refractivity contribution in [2.24, 2.45) is 0 Å². The molecule has 1 saturated heterocycles. The molecule has 17 heavy (non-hydrogen) atoms. The van der Waals surface area contributed by atoms with E-state index in [2.05, 4.69) is 45.7 Å². The summed E-state index contributed by atoms with van der Waals surface area (Å²) < 4.78 is 5.73. The number of rotatable bonds is 3. The largest absolute Gasteiger partial charge is 0.374 e. The Kier molecular flexibility index (Phi) is 4.54. The second-order valence-corrected chi connectivity index (χ2v) is 5.30. The Bertz CT molecular complexity index is 372. The van der Waals surface area contributed by atoms with Gasteiger partial charge in [0.05, 0.1) is 18.4 Å². The summed E-state index contributed by atoms with van der Waals surface area (Å²) in [6.07, 6.45) is 2.17. The first-order chi connectivity index (χ1) is 8.20. The molecule has 1 fully saturated rings. The minimum Gasteiger partial charge on any atom is -0.374 e. The van der Waals surface area contributed by atoms with Gasteiger partial charge in [0.2, 0.25) is 0 Å². The molecule has 1 aromatic rings. The molecular weight excluding hydrogens is 280 g/mol. The van der Waals surface area contributed by atoms with E-state index in [-0.39, 0.29) is 0 Å². The van der Waals surface area contributed by atoms with Gasteiger partial charge in [0, 0.05) is 30.7 Å². The minimum atomic E-state index is 0.301. The second-order valence-electron chi connectivity index (χ2n) is 4.66. The van der Waals surface area contributed by atoms with Crippen LogP contribution in [0.1, 0.15) is 18.2 Å². The van der Waals surface area contributed by atoms with Gasteiger partial charge < -0.3 is 4.74 Å². The molecule has 94 valence electrons. The average Bonchev–Trinajstić information content (AvgIpc) is 2.35. The number of alkyl halides is 1. The van der Waals surface area contributed by atoms with Gasteiger partial charge in [0.1, 0.15) is 0 Å². The quantitative estimate of drug-likeness (QED) is 0.801. The van der Waals surface area contributed by atoms with E-state index in [1.165, 1.54) is 11.3 Å². The number of aromatic nitrogens is 1. The van der Waals surface area contributed by atoms with Crippen LogP contribution < -0.4 is 0 Å². The molecule has 2 heterocycles. The van der Waals surface area contributed by atoms with Gasteiger partial charge in [-0.1, -0.05) is 22.0 Å². The van der Waals surface area contributed by atoms with Crippen molar-refractivity contribution in [1.82, 2.24) is 9.88 Å². The van der Waals surface area contributed by atoms with Crippen LogP contribution in [0.3, 0.4) is 0 Å². The highest BCUT2D eigenvalue weighted by molar-refractivity contribution is 9.09. The summed E-state index contributed by atoms with van der Waals surface area (Å²) in [5, 5.41) is 0.900. The van der Waals surface area contributed by atoms with Crippen LogP contribution in [0.15, 0.2) is 18.3 Å². The SMILES string of the molecule is Cc1cccnc1CN1CC(CBr)OCC1C. The van der Waals surface area contributed by atoms with Gasteiger partial charge in [-0.25, -0.2) is 0 Å². The molecular formula is C13H19BrN2O. The minimum absolute atomic E-state index is 0.301. The van der Waals surface area contributed by atoms with E-state index >= 15 is 0 Å². The standard InChI is InChI=1S/C13H19BrN2O/c1-10-4-3-5-15-13(10)8-16-7-12(6-14)17-9-11(16)2/h3-5,11-12H,6-9H2,1-2H3. The molecule has 0 aliphatic carbocycles. The van der Waals surface area contributed by atoms with Crippen LogP contribution in [0, 0.1) is 6.92 Å². The Balaban J connectivity index is 2.04. The molecule has 0 N–H and O–H groups in total. The van der Waals surface area contributed by atoms with Crippen molar-refractivity contribution >= 4 is 15.9 Å². The van der Waals surface area contributed by atoms with Gasteiger partial charge >= 0.3 is 0 Å². The van der Waals surface area contributed by atoms with Crippen LogP contribution in [0.5, 0.6) is 0 Å².